The second-order valence-corrected chi connectivity index (χ2v) is 4.74. The van der Waals surface area contributed by atoms with Crippen LogP contribution >= 0.6 is 12.2 Å². The van der Waals surface area contributed by atoms with E-state index in [1.807, 2.05) is 12.1 Å². The fraction of sp³-hybridized carbons (Fsp3) is 0.385. The number of nitrogens with one attached hydrogen (secondary N) is 1. The van der Waals surface area contributed by atoms with Crippen molar-refractivity contribution in [1.82, 2.24) is 14.9 Å². The lowest BCUT2D eigenvalue weighted by molar-refractivity contribution is 0.324. The summed E-state index contributed by atoms with van der Waals surface area (Å²) in [7, 11) is 4.75. The standard InChI is InChI=1S/C13H18N4O3S/c1-18-9-6-8(7-10(19-2)12(9)20-3)4-5-11-15-16-13(21)17(11)14/h6-7H,4-5,14H2,1-3H3,(H,16,21). The number of aryl methyl sites for hydroxylation is 2. The molecule has 0 amide bonds. The zero-order chi connectivity index (χ0) is 15.4. The van der Waals surface area contributed by atoms with E-state index in [2.05, 4.69) is 10.2 Å². The van der Waals surface area contributed by atoms with Crippen LogP contribution < -0.4 is 20.1 Å². The van der Waals surface area contributed by atoms with E-state index >= 15 is 0 Å². The molecule has 3 N–H and O–H groups in total. The number of aromatic amines is 1. The monoisotopic (exact) mass is 310 g/mol. The first kappa shape index (κ1) is 15.2. The molecule has 7 nitrogen and oxygen atoms in total. The molecule has 1 aromatic carbocycles. The molecule has 2 aromatic rings. The number of nitrogens with zero attached hydrogens (tertiary/aromatic N) is 2. The number of aromatic nitrogens is 3. The van der Waals surface area contributed by atoms with Gasteiger partial charge in [-0.3, -0.25) is 5.10 Å². The SMILES string of the molecule is COc1cc(CCc2n[nH]c(=S)n2N)cc(OC)c1OC. The Kier molecular flexibility index (Phi) is 4.69. The maximum atomic E-state index is 5.77. The predicted molar refractivity (Wildman–Crippen MR) is 81.1 cm³/mol. The van der Waals surface area contributed by atoms with Crippen LogP contribution in [0.5, 0.6) is 17.2 Å². The number of hydrogen-bond acceptors (Lipinski definition) is 6. The Hall–Kier alpha value is -2.22. The van der Waals surface area contributed by atoms with Gasteiger partial charge in [0.2, 0.25) is 10.5 Å². The van der Waals surface area contributed by atoms with E-state index in [0.717, 1.165) is 5.56 Å². The Bertz CT molecular complexity index is 655. The molecule has 1 heterocycles. The Balaban J connectivity index is 2.24. The number of methoxy groups -OCH3 is 3. The van der Waals surface area contributed by atoms with Crippen LogP contribution in [0.15, 0.2) is 12.1 Å². The highest BCUT2D eigenvalue weighted by molar-refractivity contribution is 7.71. The van der Waals surface area contributed by atoms with Gasteiger partial charge < -0.3 is 20.1 Å². The Morgan fingerprint density at radius 1 is 1.14 bits per heavy atom. The van der Waals surface area contributed by atoms with Gasteiger partial charge in [-0.05, 0) is 36.3 Å². The van der Waals surface area contributed by atoms with Crippen molar-refractivity contribution in [3.63, 3.8) is 0 Å². The van der Waals surface area contributed by atoms with Gasteiger partial charge in [-0.15, -0.1) is 0 Å². The van der Waals surface area contributed by atoms with Crippen LogP contribution in [0.3, 0.4) is 0 Å². The molecule has 1 aromatic heterocycles. The smallest absolute Gasteiger partial charge is 0.214 e. The summed E-state index contributed by atoms with van der Waals surface area (Å²) in [6, 6.07) is 3.81. The van der Waals surface area contributed by atoms with Crippen molar-refractivity contribution >= 4 is 12.2 Å². The van der Waals surface area contributed by atoms with Gasteiger partial charge in [0.15, 0.2) is 17.3 Å². The molecule has 0 radical (unpaired) electrons. The maximum absolute atomic E-state index is 5.77. The molecule has 0 aliphatic rings. The molecule has 0 unspecified atom stereocenters. The van der Waals surface area contributed by atoms with Gasteiger partial charge in [0.1, 0.15) is 0 Å². The highest BCUT2D eigenvalue weighted by atomic mass is 32.1. The summed E-state index contributed by atoms with van der Waals surface area (Å²) >= 11 is 4.98. The number of rotatable bonds is 6. The maximum Gasteiger partial charge on any atom is 0.214 e. The average molecular weight is 310 g/mol. The third kappa shape index (κ3) is 3.10. The lowest BCUT2D eigenvalue weighted by Gasteiger charge is -2.14. The zero-order valence-corrected chi connectivity index (χ0v) is 13.0. The van der Waals surface area contributed by atoms with Gasteiger partial charge >= 0.3 is 0 Å². The Morgan fingerprint density at radius 3 is 2.19 bits per heavy atom. The molecular weight excluding hydrogens is 292 g/mol. The molecule has 114 valence electrons. The molecule has 0 aliphatic heterocycles. The highest BCUT2D eigenvalue weighted by Gasteiger charge is 2.13. The van der Waals surface area contributed by atoms with Crippen LogP contribution in [0.4, 0.5) is 0 Å². The molecule has 0 bridgehead atoms. The van der Waals surface area contributed by atoms with Gasteiger partial charge in [0, 0.05) is 6.42 Å². The van der Waals surface area contributed by atoms with Crippen LogP contribution in [-0.4, -0.2) is 36.2 Å². The third-order valence-electron chi connectivity index (χ3n) is 3.14. The molecular formula is C13H18N4O3S. The molecule has 0 saturated heterocycles. The number of H-pyrrole nitrogens is 1. The number of nitrogen functional groups attached to an aromatic ring is 1. The topological polar surface area (TPSA) is 87.3 Å². The quantitative estimate of drug-likeness (QED) is 0.620. The summed E-state index contributed by atoms with van der Waals surface area (Å²) in [6.45, 7) is 0. The lowest BCUT2D eigenvalue weighted by Crippen LogP contribution is -2.13. The van der Waals surface area contributed by atoms with Crippen molar-refractivity contribution in [2.45, 2.75) is 12.8 Å². The van der Waals surface area contributed by atoms with Crippen molar-refractivity contribution in [2.75, 3.05) is 27.2 Å². The van der Waals surface area contributed by atoms with Crippen LogP contribution in [0.1, 0.15) is 11.4 Å². The first-order valence-corrected chi connectivity index (χ1v) is 6.71. The summed E-state index contributed by atoms with van der Waals surface area (Å²) in [5.41, 5.74) is 1.03. The van der Waals surface area contributed by atoms with Crippen LogP contribution in [0, 0.1) is 4.77 Å². The van der Waals surface area contributed by atoms with Gasteiger partial charge in [-0.1, -0.05) is 0 Å². The van der Waals surface area contributed by atoms with E-state index in [4.69, 9.17) is 32.3 Å². The van der Waals surface area contributed by atoms with E-state index in [9.17, 15) is 0 Å². The van der Waals surface area contributed by atoms with Crippen LogP contribution in [0.25, 0.3) is 0 Å². The van der Waals surface area contributed by atoms with Gasteiger partial charge in [0.25, 0.3) is 0 Å². The third-order valence-corrected chi connectivity index (χ3v) is 3.43. The number of ether oxygens (including phenoxy) is 3. The first-order chi connectivity index (χ1) is 10.1. The Labute approximate surface area is 127 Å². The number of hydrogen-bond donors (Lipinski definition) is 2. The zero-order valence-electron chi connectivity index (χ0n) is 12.2. The van der Waals surface area contributed by atoms with Crippen molar-refractivity contribution in [3.05, 3.63) is 28.3 Å². The summed E-state index contributed by atoms with van der Waals surface area (Å²) in [5, 5.41) is 6.74. The fourth-order valence-corrected chi connectivity index (χ4v) is 2.20. The molecule has 2 rings (SSSR count). The largest absolute Gasteiger partial charge is 0.493 e. The molecule has 0 fully saturated rings. The average Bonchev–Trinajstić information content (AvgIpc) is 2.83. The summed E-state index contributed by atoms with van der Waals surface area (Å²) in [6.07, 6.45) is 1.36. The fourth-order valence-electron chi connectivity index (χ4n) is 2.05. The first-order valence-electron chi connectivity index (χ1n) is 6.31. The molecule has 0 spiro atoms. The van der Waals surface area contributed by atoms with E-state index in [1.165, 1.54) is 4.68 Å². The van der Waals surface area contributed by atoms with Crippen molar-refractivity contribution in [1.29, 1.82) is 0 Å². The minimum absolute atomic E-state index is 0.398. The minimum Gasteiger partial charge on any atom is -0.493 e. The van der Waals surface area contributed by atoms with E-state index in [-0.39, 0.29) is 0 Å². The summed E-state index contributed by atoms with van der Waals surface area (Å²) in [5.74, 6) is 8.28. The normalized spacial score (nSPS) is 10.4. The van der Waals surface area contributed by atoms with Crippen molar-refractivity contribution in [3.8, 4) is 17.2 Å². The van der Waals surface area contributed by atoms with Gasteiger partial charge in [0.05, 0.1) is 21.3 Å². The molecule has 8 heteroatoms. The summed E-state index contributed by atoms with van der Waals surface area (Å²) in [4.78, 5) is 0. The molecule has 21 heavy (non-hydrogen) atoms. The molecule has 0 saturated carbocycles. The van der Waals surface area contributed by atoms with Gasteiger partial charge in [-0.2, -0.15) is 5.10 Å². The molecule has 0 atom stereocenters. The predicted octanol–water partition coefficient (Wildman–Crippen LogP) is 1.47. The van der Waals surface area contributed by atoms with Crippen LogP contribution in [-0.2, 0) is 12.8 Å². The second-order valence-electron chi connectivity index (χ2n) is 4.35. The minimum atomic E-state index is 0.398. The number of benzene rings is 1. The van der Waals surface area contributed by atoms with E-state index in [1.54, 1.807) is 21.3 Å². The Morgan fingerprint density at radius 2 is 1.76 bits per heavy atom. The van der Waals surface area contributed by atoms with Crippen molar-refractivity contribution < 1.29 is 14.2 Å². The highest BCUT2D eigenvalue weighted by Crippen LogP contribution is 2.38. The summed E-state index contributed by atoms with van der Waals surface area (Å²) < 4.78 is 17.7. The van der Waals surface area contributed by atoms with Crippen molar-refractivity contribution in [2.24, 2.45) is 0 Å². The number of nitrogens with two attached hydrogens (primary N) is 1. The van der Waals surface area contributed by atoms with Crippen LogP contribution in [0.2, 0.25) is 0 Å². The van der Waals surface area contributed by atoms with Gasteiger partial charge in [-0.25, -0.2) is 4.68 Å². The second kappa shape index (κ2) is 6.49. The van der Waals surface area contributed by atoms with E-state index < -0.39 is 0 Å². The molecule has 0 aliphatic carbocycles. The van der Waals surface area contributed by atoms with E-state index in [0.29, 0.717) is 40.7 Å². The lowest BCUT2D eigenvalue weighted by atomic mass is 10.1.